The molecule has 1 fully saturated rings. The van der Waals surface area contributed by atoms with Gasteiger partial charge in [0.2, 0.25) is 0 Å². The first-order valence-electron chi connectivity index (χ1n) is 11.5. The zero-order valence-electron chi connectivity index (χ0n) is 19.0. The number of pyridine rings is 3. The number of amides is 1. The fraction of sp³-hybridized carbons (Fsp3) is 0.417. The molecule has 2 aliphatic heterocycles. The Hall–Kier alpha value is -3.01. The van der Waals surface area contributed by atoms with Crippen molar-refractivity contribution in [1.29, 1.82) is 0 Å². The van der Waals surface area contributed by atoms with Gasteiger partial charge >= 0.3 is 0 Å². The van der Waals surface area contributed by atoms with Gasteiger partial charge in [-0.15, -0.1) is 0 Å². The van der Waals surface area contributed by atoms with E-state index < -0.39 is 0 Å². The zero-order chi connectivity index (χ0) is 23.7. The number of rotatable bonds is 6. The lowest BCUT2D eigenvalue weighted by Gasteiger charge is -2.32. The maximum Gasteiger partial charge on any atom is 0.263 e. The van der Waals surface area contributed by atoms with Crippen molar-refractivity contribution in [3.63, 3.8) is 0 Å². The topological polar surface area (TPSA) is 101 Å². The highest BCUT2D eigenvalue weighted by molar-refractivity contribution is 6.32. The number of likely N-dealkylation sites (tertiary alicyclic amines) is 1. The van der Waals surface area contributed by atoms with Gasteiger partial charge in [0, 0.05) is 38.4 Å². The first kappa shape index (κ1) is 22.8. The summed E-state index contributed by atoms with van der Waals surface area (Å²) in [4.78, 5) is 35.0. The number of carbonyl (C=O) groups is 1. The standard InChI is InChI=1S/C24H27ClN6O3/c1-30-22(33)5-3-19-23(30)17(18(25)13-27-19)8-11-31-9-6-15(7-10-31)26-12-16-2-4-20-24(28-16)29-21(32)14-34-20/h2-5,13,15,26H,6-12,14H2,1H3,(H,28,29,32). The number of aromatic nitrogens is 3. The van der Waals surface area contributed by atoms with Crippen LogP contribution in [0.5, 0.6) is 5.75 Å². The summed E-state index contributed by atoms with van der Waals surface area (Å²) in [7, 11) is 1.77. The Bertz CT molecular complexity index is 1290. The molecule has 0 unspecified atom stereocenters. The molecule has 0 radical (unpaired) electrons. The van der Waals surface area contributed by atoms with Gasteiger partial charge in [-0.05, 0) is 56.1 Å². The van der Waals surface area contributed by atoms with Crippen molar-refractivity contribution in [3.05, 3.63) is 57.1 Å². The Morgan fingerprint density at radius 1 is 1.21 bits per heavy atom. The molecule has 2 aliphatic rings. The second-order valence-corrected chi connectivity index (χ2v) is 9.19. The molecule has 5 rings (SSSR count). The average molecular weight is 483 g/mol. The van der Waals surface area contributed by atoms with Crippen LogP contribution in [0, 0.1) is 0 Å². The van der Waals surface area contributed by atoms with Gasteiger partial charge in [-0.1, -0.05) is 11.6 Å². The number of hydrogen-bond acceptors (Lipinski definition) is 7. The Morgan fingerprint density at radius 2 is 2.03 bits per heavy atom. The van der Waals surface area contributed by atoms with Crippen molar-refractivity contribution >= 4 is 34.4 Å². The van der Waals surface area contributed by atoms with E-state index in [0.717, 1.165) is 61.2 Å². The minimum Gasteiger partial charge on any atom is -0.480 e. The van der Waals surface area contributed by atoms with Crippen molar-refractivity contribution in [3.8, 4) is 5.75 Å². The average Bonchev–Trinajstić information content (AvgIpc) is 2.85. The van der Waals surface area contributed by atoms with Gasteiger partial charge in [0.05, 0.1) is 21.7 Å². The van der Waals surface area contributed by atoms with Gasteiger partial charge in [0.15, 0.2) is 18.2 Å². The number of anilines is 1. The van der Waals surface area contributed by atoms with E-state index in [2.05, 4.69) is 25.5 Å². The SMILES string of the molecule is Cn1c(=O)ccc2ncc(Cl)c(CCN3CCC(NCc4ccc5c(n4)NC(=O)CO5)CC3)c21. The summed E-state index contributed by atoms with van der Waals surface area (Å²) >= 11 is 6.48. The third-order valence-electron chi connectivity index (χ3n) is 6.55. The summed E-state index contributed by atoms with van der Waals surface area (Å²) in [6.07, 6.45) is 4.51. The van der Waals surface area contributed by atoms with Crippen LogP contribution in [-0.2, 0) is 24.8 Å². The highest BCUT2D eigenvalue weighted by atomic mass is 35.5. The van der Waals surface area contributed by atoms with Crippen LogP contribution in [-0.4, -0.2) is 57.6 Å². The van der Waals surface area contributed by atoms with E-state index in [-0.39, 0.29) is 18.1 Å². The van der Waals surface area contributed by atoms with Crippen LogP contribution in [0.2, 0.25) is 5.02 Å². The molecule has 9 nitrogen and oxygen atoms in total. The Labute approximate surface area is 202 Å². The molecule has 10 heteroatoms. The fourth-order valence-corrected chi connectivity index (χ4v) is 4.85. The quantitative estimate of drug-likeness (QED) is 0.554. The first-order valence-corrected chi connectivity index (χ1v) is 11.9. The number of nitrogens with one attached hydrogen (secondary N) is 2. The van der Waals surface area contributed by atoms with Crippen LogP contribution in [0.1, 0.15) is 24.1 Å². The van der Waals surface area contributed by atoms with Crippen molar-refractivity contribution < 1.29 is 9.53 Å². The Morgan fingerprint density at radius 3 is 2.85 bits per heavy atom. The van der Waals surface area contributed by atoms with Crippen LogP contribution in [0.3, 0.4) is 0 Å². The molecule has 2 N–H and O–H groups in total. The minimum absolute atomic E-state index is 0.0343. The number of nitrogens with zero attached hydrogens (tertiary/aromatic N) is 4. The van der Waals surface area contributed by atoms with Gasteiger partial charge in [-0.2, -0.15) is 0 Å². The summed E-state index contributed by atoms with van der Waals surface area (Å²) in [5.74, 6) is 0.921. The number of ether oxygens (including phenoxy) is 1. The fourth-order valence-electron chi connectivity index (χ4n) is 4.62. The van der Waals surface area contributed by atoms with Gasteiger partial charge in [0.25, 0.3) is 11.5 Å². The Kier molecular flexibility index (Phi) is 6.49. The number of carbonyl (C=O) groups excluding carboxylic acids is 1. The third-order valence-corrected chi connectivity index (χ3v) is 6.88. The number of hydrogen-bond donors (Lipinski definition) is 2. The van der Waals surface area contributed by atoms with Crippen molar-refractivity contribution in [1.82, 2.24) is 24.8 Å². The summed E-state index contributed by atoms with van der Waals surface area (Å²) < 4.78 is 7.00. The summed E-state index contributed by atoms with van der Waals surface area (Å²) in [5, 5.41) is 6.94. The lowest BCUT2D eigenvalue weighted by atomic mass is 10.0. The van der Waals surface area contributed by atoms with Gasteiger partial charge in [0.1, 0.15) is 0 Å². The lowest BCUT2D eigenvalue weighted by molar-refractivity contribution is -0.118. The number of aryl methyl sites for hydroxylation is 1. The second kappa shape index (κ2) is 9.69. The minimum atomic E-state index is -0.180. The van der Waals surface area contributed by atoms with E-state index in [4.69, 9.17) is 16.3 Å². The van der Waals surface area contributed by atoms with Crippen LogP contribution in [0.15, 0.2) is 35.3 Å². The second-order valence-electron chi connectivity index (χ2n) is 8.78. The van der Waals surface area contributed by atoms with E-state index in [0.29, 0.717) is 29.2 Å². The van der Waals surface area contributed by atoms with Crippen LogP contribution in [0.4, 0.5) is 5.82 Å². The maximum atomic E-state index is 12.1. The van der Waals surface area contributed by atoms with Crippen molar-refractivity contribution in [2.24, 2.45) is 7.05 Å². The summed E-state index contributed by atoms with van der Waals surface area (Å²) in [6.45, 7) is 3.52. The summed E-state index contributed by atoms with van der Waals surface area (Å²) in [5.41, 5.74) is 3.38. The van der Waals surface area contributed by atoms with Crippen LogP contribution >= 0.6 is 11.6 Å². The molecule has 0 bridgehead atoms. The predicted octanol–water partition coefficient (Wildman–Crippen LogP) is 2.11. The van der Waals surface area contributed by atoms with E-state index in [1.54, 1.807) is 23.9 Å². The highest BCUT2D eigenvalue weighted by Gasteiger charge is 2.21. The molecule has 0 atom stereocenters. The van der Waals surface area contributed by atoms with Crippen molar-refractivity contribution in [2.45, 2.75) is 31.8 Å². The van der Waals surface area contributed by atoms with Gasteiger partial charge in [-0.3, -0.25) is 14.6 Å². The lowest BCUT2D eigenvalue weighted by Crippen LogP contribution is -2.43. The number of piperidine rings is 1. The van der Waals surface area contributed by atoms with Crippen LogP contribution in [0.25, 0.3) is 11.0 Å². The Balaban J connectivity index is 1.15. The predicted molar refractivity (Wildman–Crippen MR) is 130 cm³/mol. The van der Waals surface area contributed by atoms with E-state index in [1.807, 2.05) is 12.1 Å². The van der Waals surface area contributed by atoms with E-state index in [1.165, 1.54) is 6.07 Å². The van der Waals surface area contributed by atoms with Gasteiger partial charge in [-0.25, -0.2) is 4.98 Å². The van der Waals surface area contributed by atoms with Crippen LogP contribution < -0.4 is 20.9 Å². The molecule has 3 aromatic heterocycles. The number of fused-ring (bicyclic) bond motifs is 2. The monoisotopic (exact) mass is 482 g/mol. The normalized spacial score (nSPS) is 16.8. The smallest absolute Gasteiger partial charge is 0.263 e. The molecule has 0 spiro atoms. The molecular weight excluding hydrogens is 456 g/mol. The molecule has 0 aliphatic carbocycles. The zero-order valence-corrected chi connectivity index (χ0v) is 19.8. The molecule has 5 heterocycles. The molecule has 3 aromatic rings. The molecular formula is C24H27ClN6O3. The highest BCUT2D eigenvalue weighted by Crippen LogP contribution is 2.26. The first-order chi connectivity index (χ1) is 16.5. The largest absolute Gasteiger partial charge is 0.480 e. The molecule has 1 amide bonds. The van der Waals surface area contributed by atoms with Crippen molar-refractivity contribution in [2.75, 3.05) is 31.6 Å². The molecule has 0 aromatic carbocycles. The maximum absolute atomic E-state index is 12.1. The third kappa shape index (κ3) is 4.77. The summed E-state index contributed by atoms with van der Waals surface area (Å²) in [6, 6.07) is 7.48. The van der Waals surface area contributed by atoms with E-state index >= 15 is 0 Å². The molecule has 178 valence electrons. The van der Waals surface area contributed by atoms with Gasteiger partial charge < -0.3 is 24.8 Å². The molecule has 34 heavy (non-hydrogen) atoms. The number of halogens is 1. The molecule has 1 saturated heterocycles. The molecule has 0 saturated carbocycles. The van der Waals surface area contributed by atoms with E-state index in [9.17, 15) is 9.59 Å².